The van der Waals surface area contributed by atoms with Crippen molar-refractivity contribution in [2.24, 2.45) is 0 Å². The maximum Gasteiger partial charge on any atom is 0.0585 e. The number of halogens is 1. The fourth-order valence-corrected chi connectivity index (χ4v) is 5.99. The number of fused-ring (bicyclic) bond motifs is 9. The number of nitrogens with one attached hydrogen (secondary N) is 1. The summed E-state index contributed by atoms with van der Waals surface area (Å²) >= 11 is 6.46. The van der Waals surface area contributed by atoms with Crippen molar-refractivity contribution in [1.29, 1.82) is 0 Å². The van der Waals surface area contributed by atoms with Crippen LogP contribution in [0, 0.1) is 0 Å². The lowest BCUT2D eigenvalue weighted by Crippen LogP contribution is -2.14. The third kappa shape index (κ3) is 2.15. The zero-order valence-electron chi connectivity index (χ0n) is 17.9. The van der Waals surface area contributed by atoms with E-state index in [1.165, 1.54) is 49.7 Å². The Balaban J connectivity index is 1.78. The van der Waals surface area contributed by atoms with E-state index >= 15 is 0 Å². The van der Waals surface area contributed by atoms with Gasteiger partial charge in [0.25, 0.3) is 0 Å². The molecule has 1 N–H and O–H groups in total. The van der Waals surface area contributed by atoms with E-state index in [2.05, 4.69) is 102 Å². The Morgan fingerprint density at radius 3 is 2.38 bits per heavy atom. The van der Waals surface area contributed by atoms with E-state index < -0.39 is 0 Å². The molecule has 0 saturated carbocycles. The minimum Gasteiger partial charge on any atom is -0.354 e. The third-order valence-electron chi connectivity index (χ3n) is 7.15. The van der Waals surface area contributed by atoms with Crippen molar-refractivity contribution in [3.63, 3.8) is 0 Å². The molecule has 0 spiro atoms. The summed E-state index contributed by atoms with van der Waals surface area (Å²) in [7, 11) is 0. The molecule has 154 valence electrons. The molecule has 0 amide bonds. The van der Waals surface area contributed by atoms with Gasteiger partial charge in [0.05, 0.1) is 11.2 Å². The average Bonchev–Trinajstić information content (AvgIpc) is 3.41. The molecule has 4 aromatic carbocycles. The molecule has 3 heteroatoms. The Bertz CT molecular complexity index is 1700. The van der Waals surface area contributed by atoms with Gasteiger partial charge in [0.2, 0.25) is 0 Å². The minimum absolute atomic E-state index is 0.110. The number of nitrogens with zero attached hydrogens (tertiary/aromatic N) is 1. The number of aromatic nitrogens is 2. The van der Waals surface area contributed by atoms with Gasteiger partial charge < -0.3 is 9.55 Å². The van der Waals surface area contributed by atoms with Crippen LogP contribution in [0.2, 0.25) is 5.02 Å². The van der Waals surface area contributed by atoms with Gasteiger partial charge in [0.1, 0.15) is 0 Å². The van der Waals surface area contributed by atoms with Crippen LogP contribution in [0.1, 0.15) is 25.0 Å². The Morgan fingerprint density at radius 2 is 1.53 bits per heavy atom. The lowest BCUT2D eigenvalue weighted by atomic mass is 9.81. The van der Waals surface area contributed by atoms with Crippen molar-refractivity contribution >= 4 is 44.3 Å². The summed E-state index contributed by atoms with van der Waals surface area (Å²) in [4.78, 5) is 3.62. The molecule has 6 aromatic rings. The summed E-state index contributed by atoms with van der Waals surface area (Å²) in [5.41, 5.74) is 9.96. The Kier molecular flexibility index (Phi) is 3.43. The van der Waals surface area contributed by atoms with E-state index in [0.717, 1.165) is 16.1 Å². The Labute approximate surface area is 191 Å². The molecule has 1 aliphatic rings. The van der Waals surface area contributed by atoms with Crippen molar-refractivity contribution in [1.82, 2.24) is 9.55 Å². The van der Waals surface area contributed by atoms with Crippen molar-refractivity contribution in [3.8, 4) is 16.9 Å². The van der Waals surface area contributed by atoms with Crippen LogP contribution in [0.3, 0.4) is 0 Å². The second-order valence-corrected chi connectivity index (χ2v) is 9.70. The summed E-state index contributed by atoms with van der Waals surface area (Å²) in [5, 5.41) is 4.51. The number of benzene rings is 4. The van der Waals surface area contributed by atoms with Crippen LogP contribution in [0.5, 0.6) is 0 Å². The number of rotatable bonds is 1. The van der Waals surface area contributed by atoms with Crippen LogP contribution in [0.15, 0.2) is 84.9 Å². The highest BCUT2D eigenvalue weighted by Gasteiger charge is 2.41. The Morgan fingerprint density at radius 1 is 0.781 bits per heavy atom. The molecule has 0 radical (unpaired) electrons. The highest BCUT2D eigenvalue weighted by molar-refractivity contribution is 6.32. The first kappa shape index (κ1) is 18.1. The lowest BCUT2D eigenvalue weighted by molar-refractivity contribution is 0.666. The van der Waals surface area contributed by atoms with Crippen LogP contribution >= 0.6 is 11.6 Å². The average molecular weight is 433 g/mol. The topological polar surface area (TPSA) is 20.7 Å². The van der Waals surface area contributed by atoms with Gasteiger partial charge in [-0.2, -0.15) is 0 Å². The number of aromatic amines is 1. The molecule has 0 fully saturated rings. The summed E-state index contributed by atoms with van der Waals surface area (Å²) in [6, 6.07) is 30.2. The van der Waals surface area contributed by atoms with Crippen molar-refractivity contribution in [2.45, 2.75) is 19.3 Å². The standard InChI is InChI=1S/C29H21ClN2/c1-29(2)21-11-7-6-10-19(21)28-27(29)26-24(32(28)18-8-4-3-5-9-18)15-14-23-25(26)20-16-17(30)12-13-22(20)31-23/h3-16,31H,1-2H3. The van der Waals surface area contributed by atoms with Crippen molar-refractivity contribution in [2.75, 3.05) is 0 Å². The van der Waals surface area contributed by atoms with E-state index in [1.54, 1.807) is 0 Å². The molecular weight excluding hydrogens is 412 g/mol. The molecule has 0 aliphatic heterocycles. The van der Waals surface area contributed by atoms with E-state index in [1.807, 2.05) is 6.07 Å². The van der Waals surface area contributed by atoms with Gasteiger partial charge in [-0.1, -0.05) is 67.9 Å². The van der Waals surface area contributed by atoms with Gasteiger partial charge in [-0.25, -0.2) is 0 Å². The molecule has 0 unspecified atom stereocenters. The molecule has 2 heterocycles. The highest BCUT2D eigenvalue weighted by Crippen LogP contribution is 2.55. The number of para-hydroxylation sites is 1. The molecule has 0 saturated heterocycles. The monoisotopic (exact) mass is 432 g/mol. The van der Waals surface area contributed by atoms with Gasteiger partial charge in [-0.05, 0) is 53.6 Å². The van der Waals surface area contributed by atoms with Gasteiger partial charge in [-0.15, -0.1) is 0 Å². The molecular formula is C29H21ClN2. The molecule has 32 heavy (non-hydrogen) atoms. The van der Waals surface area contributed by atoms with Crippen LogP contribution in [-0.4, -0.2) is 9.55 Å². The predicted molar refractivity (Wildman–Crippen MR) is 135 cm³/mol. The van der Waals surface area contributed by atoms with Crippen LogP contribution < -0.4 is 0 Å². The highest BCUT2D eigenvalue weighted by atomic mass is 35.5. The maximum absolute atomic E-state index is 6.46. The lowest BCUT2D eigenvalue weighted by Gasteiger charge is -2.21. The van der Waals surface area contributed by atoms with E-state index in [4.69, 9.17) is 11.6 Å². The molecule has 2 aromatic heterocycles. The number of hydrogen-bond donors (Lipinski definition) is 1. The molecule has 7 rings (SSSR count). The SMILES string of the molecule is CC1(C)c2ccccc2-c2c1c1c3c(ccc1n2-c1ccccc1)[nH]c1ccc(Cl)cc13. The first-order valence-electron chi connectivity index (χ1n) is 11.0. The van der Waals surface area contributed by atoms with Crippen molar-refractivity contribution in [3.05, 3.63) is 101 Å². The predicted octanol–water partition coefficient (Wildman–Crippen LogP) is 8.22. The fraction of sp³-hybridized carbons (Fsp3) is 0.103. The summed E-state index contributed by atoms with van der Waals surface area (Å²) in [5.74, 6) is 0. The number of hydrogen-bond acceptors (Lipinski definition) is 0. The van der Waals surface area contributed by atoms with Crippen molar-refractivity contribution < 1.29 is 0 Å². The van der Waals surface area contributed by atoms with E-state index in [0.29, 0.717) is 0 Å². The fourth-order valence-electron chi connectivity index (χ4n) is 5.82. The largest absolute Gasteiger partial charge is 0.354 e. The quantitative estimate of drug-likeness (QED) is 0.270. The molecule has 2 nitrogen and oxygen atoms in total. The van der Waals surface area contributed by atoms with Gasteiger partial charge in [-0.3, -0.25) is 0 Å². The number of H-pyrrole nitrogens is 1. The molecule has 1 aliphatic carbocycles. The van der Waals surface area contributed by atoms with E-state index in [9.17, 15) is 0 Å². The zero-order chi connectivity index (χ0) is 21.6. The first-order chi connectivity index (χ1) is 15.6. The smallest absolute Gasteiger partial charge is 0.0585 e. The summed E-state index contributed by atoms with van der Waals surface area (Å²) in [6.07, 6.45) is 0. The van der Waals surface area contributed by atoms with Crippen LogP contribution in [0.25, 0.3) is 49.7 Å². The van der Waals surface area contributed by atoms with Gasteiger partial charge in [0.15, 0.2) is 0 Å². The third-order valence-corrected chi connectivity index (χ3v) is 7.38. The Hall–Kier alpha value is -3.49. The normalized spacial score (nSPS) is 14.3. The molecule has 0 atom stereocenters. The summed E-state index contributed by atoms with van der Waals surface area (Å²) in [6.45, 7) is 4.71. The zero-order valence-corrected chi connectivity index (χ0v) is 18.7. The maximum atomic E-state index is 6.46. The van der Waals surface area contributed by atoms with Gasteiger partial charge >= 0.3 is 0 Å². The summed E-state index contributed by atoms with van der Waals surface area (Å²) < 4.78 is 2.45. The van der Waals surface area contributed by atoms with Gasteiger partial charge in [0, 0.05) is 48.9 Å². The van der Waals surface area contributed by atoms with E-state index in [-0.39, 0.29) is 5.41 Å². The van der Waals surface area contributed by atoms with Crippen LogP contribution in [-0.2, 0) is 5.41 Å². The first-order valence-corrected chi connectivity index (χ1v) is 11.4. The second kappa shape index (κ2) is 6.05. The van der Waals surface area contributed by atoms with Crippen LogP contribution in [0.4, 0.5) is 0 Å². The second-order valence-electron chi connectivity index (χ2n) is 9.26. The minimum atomic E-state index is -0.110. The molecule has 0 bridgehead atoms.